The quantitative estimate of drug-likeness (QED) is 0.903. The molecule has 1 amide bonds. The highest BCUT2D eigenvalue weighted by Gasteiger charge is 2.14. The van der Waals surface area contributed by atoms with Gasteiger partial charge in [-0.05, 0) is 37.6 Å². The smallest absolute Gasteiger partial charge is 0.291 e. The van der Waals surface area contributed by atoms with Crippen molar-refractivity contribution >= 4 is 11.6 Å². The van der Waals surface area contributed by atoms with Gasteiger partial charge in [-0.25, -0.2) is 0 Å². The second-order valence-corrected chi connectivity index (χ2v) is 4.09. The zero-order chi connectivity index (χ0) is 13.1. The van der Waals surface area contributed by atoms with Crippen LogP contribution in [0.15, 0.2) is 34.9 Å². The molecule has 1 aromatic carbocycles. The van der Waals surface area contributed by atoms with Crippen LogP contribution >= 0.6 is 0 Å². The van der Waals surface area contributed by atoms with Gasteiger partial charge < -0.3 is 14.5 Å². The predicted molar refractivity (Wildman–Crippen MR) is 69.1 cm³/mol. The lowest BCUT2D eigenvalue weighted by Gasteiger charge is -2.10. The van der Waals surface area contributed by atoms with Crippen molar-refractivity contribution in [3.05, 3.63) is 47.4 Å². The van der Waals surface area contributed by atoms with Gasteiger partial charge in [-0.15, -0.1) is 0 Å². The molecule has 0 saturated carbocycles. The number of hydrogen-bond acceptors (Lipinski definition) is 3. The van der Waals surface area contributed by atoms with Crippen LogP contribution in [0.4, 0.5) is 5.69 Å². The van der Waals surface area contributed by atoms with E-state index in [0.717, 1.165) is 11.1 Å². The Morgan fingerprint density at radius 1 is 1.28 bits per heavy atom. The molecule has 1 aromatic heterocycles. The van der Waals surface area contributed by atoms with Crippen LogP contribution in [0.25, 0.3) is 0 Å². The Kier molecular flexibility index (Phi) is 3.37. The zero-order valence-electron chi connectivity index (χ0n) is 10.6. The maximum absolute atomic E-state index is 12.0. The standard InChI is InChI=1S/C14H15NO3/c1-9-4-5-12(17-3)11(8-9)15-14(16)13-10(2)6-7-18-13/h4-8H,1-3H3,(H,15,16). The molecule has 0 aliphatic carbocycles. The Bertz CT molecular complexity index is 572. The normalized spacial score (nSPS) is 10.2. The van der Waals surface area contributed by atoms with Gasteiger partial charge in [-0.1, -0.05) is 6.07 Å². The van der Waals surface area contributed by atoms with E-state index in [-0.39, 0.29) is 5.91 Å². The number of methoxy groups -OCH3 is 1. The molecule has 1 heterocycles. The van der Waals surface area contributed by atoms with Gasteiger partial charge in [0.2, 0.25) is 0 Å². The van der Waals surface area contributed by atoms with Crippen molar-refractivity contribution in [2.75, 3.05) is 12.4 Å². The highest BCUT2D eigenvalue weighted by Crippen LogP contribution is 2.26. The first-order valence-electron chi connectivity index (χ1n) is 5.62. The third-order valence-corrected chi connectivity index (χ3v) is 2.67. The number of nitrogens with one attached hydrogen (secondary N) is 1. The van der Waals surface area contributed by atoms with Crippen LogP contribution in [0.1, 0.15) is 21.7 Å². The van der Waals surface area contributed by atoms with Crippen molar-refractivity contribution in [3.63, 3.8) is 0 Å². The Hall–Kier alpha value is -2.23. The number of furan rings is 1. The number of ether oxygens (including phenoxy) is 1. The molecule has 0 unspecified atom stereocenters. The lowest BCUT2D eigenvalue weighted by atomic mass is 10.2. The summed E-state index contributed by atoms with van der Waals surface area (Å²) in [5.41, 5.74) is 2.49. The maximum atomic E-state index is 12.0. The fourth-order valence-electron chi connectivity index (χ4n) is 1.70. The van der Waals surface area contributed by atoms with E-state index in [4.69, 9.17) is 9.15 Å². The van der Waals surface area contributed by atoms with E-state index < -0.39 is 0 Å². The fourth-order valence-corrected chi connectivity index (χ4v) is 1.70. The Morgan fingerprint density at radius 3 is 2.67 bits per heavy atom. The predicted octanol–water partition coefficient (Wildman–Crippen LogP) is 3.16. The summed E-state index contributed by atoms with van der Waals surface area (Å²) < 4.78 is 10.4. The van der Waals surface area contributed by atoms with Crippen molar-refractivity contribution in [1.29, 1.82) is 0 Å². The lowest BCUT2D eigenvalue weighted by Crippen LogP contribution is -2.13. The molecule has 0 radical (unpaired) electrons. The van der Waals surface area contributed by atoms with Gasteiger partial charge in [-0.2, -0.15) is 0 Å². The van der Waals surface area contributed by atoms with Gasteiger partial charge in [0.15, 0.2) is 5.76 Å². The van der Waals surface area contributed by atoms with E-state index in [9.17, 15) is 4.79 Å². The van der Waals surface area contributed by atoms with Gasteiger partial charge in [-0.3, -0.25) is 4.79 Å². The third kappa shape index (κ3) is 2.37. The molecule has 0 aliphatic rings. The van der Waals surface area contributed by atoms with Crippen LogP contribution in [0, 0.1) is 13.8 Å². The van der Waals surface area contributed by atoms with E-state index in [1.807, 2.05) is 32.0 Å². The number of amides is 1. The number of aryl methyl sites for hydroxylation is 2. The van der Waals surface area contributed by atoms with Crippen LogP contribution in [0.3, 0.4) is 0 Å². The largest absolute Gasteiger partial charge is 0.495 e. The fraction of sp³-hybridized carbons (Fsp3) is 0.214. The van der Waals surface area contributed by atoms with E-state index in [1.54, 1.807) is 13.2 Å². The lowest BCUT2D eigenvalue weighted by molar-refractivity contribution is 0.0995. The molecule has 18 heavy (non-hydrogen) atoms. The molecule has 1 N–H and O–H groups in total. The summed E-state index contributed by atoms with van der Waals surface area (Å²) in [4.78, 5) is 12.0. The van der Waals surface area contributed by atoms with Crippen molar-refractivity contribution in [3.8, 4) is 5.75 Å². The third-order valence-electron chi connectivity index (χ3n) is 2.67. The minimum absolute atomic E-state index is 0.276. The van der Waals surface area contributed by atoms with Gasteiger partial charge >= 0.3 is 0 Å². The van der Waals surface area contributed by atoms with Crippen LogP contribution < -0.4 is 10.1 Å². The average molecular weight is 245 g/mol. The summed E-state index contributed by atoms with van der Waals surface area (Å²) in [6.07, 6.45) is 1.50. The zero-order valence-corrected chi connectivity index (χ0v) is 10.6. The molecule has 0 aliphatic heterocycles. The van der Waals surface area contributed by atoms with Crippen molar-refractivity contribution in [2.45, 2.75) is 13.8 Å². The number of carbonyl (C=O) groups is 1. The summed E-state index contributed by atoms with van der Waals surface area (Å²) in [5.74, 6) is 0.665. The van der Waals surface area contributed by atoms with Crippen molar-refractivity contribution in [2.24, 2.45) is 0 Å². The topological polar surface area (TPSA) is 51.5 Å². The molecule has 94 valence electrons. The Balaban J connectivity index is 2.27. The molecule has 4 nitrogen and oxygen atoms in total. The minimum Gasteiger partial charge on any atom is -0.495 e. The summed E-state index contributed by atoms with van der Waals surface area (Å²) >= 11 is 0. The number of anilines is 1. The first-order valence-corrected chi connectivity index (χ1v) is 5.62. The molecule has 2 aromatic rings. The van der Waals surface area contributed by atoms with E-state index in [2.05, 4.69) is 5.32 Å². The molecule has 0 atom stereocenters. The van der Waals surface area contributed by atoms with Crippen molar-refractivity contribution < 1.29 is 13.9 Å². The second kappa shape index (κ2) is 4.96. The maximum Gasteiger partial charge on any atom is 0.291 e. The minimum atomic E-state index is -0.276. The van der Waals surface area contributed by atoms with Crippen LogP contribution in [0.2, 0.25) is 0 Å². The molecule has 0 saturated heterocycles. The highest BCUT2D eigenvalue weighted by molar-refractivity contribution is 6.04. The number of rotatable bonds is 3. The number of benzene rings is 1. The molecule has 4 heteroatoms. The summed E-state index contributed by atoms with van der Waals surface area (Å²) in [6.45, 7) is 3.78. The Labute approximate surface area is 106 Å². The van der Waals surface area contributed by atoms with Gasteiger partial charge in [0, 0.05) is 5.56 Å². The summed E-state index contributed by atoms with van der Waals surface area (Å²) in [5, 5.41) is 2.79. The van der Waals surface area contributed by atoms with Crippen LogP contribution in [-0.4, -0.2) is 13.0 Å². The Morgan fingerprint density at radius 2 is 2.06 bits per heavy atom. The van der Waals surface area contributed by atoms with Gasteiger partial charge in [0.05, 0.1) is 19.1 Å². The molecule has 0 bridgehead atoms. The number of hydrogen-bond donors (Lipinski definition) is 1. The molecular weight excluding hydrogens is 230 g/mol. The first kappa shape index (κ1) is 12.2. The summed E-state index contributed by atoms with van der Waals surface area (Å²) in [7, 11) is 1.57. The average Bonchev–Trinajstić information content (AvgIpc) is 2.76. The van der Waals surface area contributed by atoms with Crippen LogP contribution in [-0.2, 0) is 0 Å². The molecule has 2 rings (SSSR count). The van der Waals surface area contributed by atoms with Gasteiger partial charge in [0.25, 0.3) is 5.91 Å². The molecule has 0 spiro atoms. The second-order valence-electron chi connectivity index (χ2n) is 4.09. The first-order chi connectivity index (χ1) is 8.61. The molecule has 0 fully saturated rings. The number of carbonyl (C=O) groups excluding carboxylic acids is 1. The molecular formula is C14H15NO3. The SMILES string of the molecule is COc1ccc(C)cc1NC(=O)c1occc1C. The monoisotopic (exact) mass is 245 g/mol. The van der Waals surface area contributed by atoms with E-state index >= 15 is 0 Å². The van der Waals surface area contributed by atoms with Crippen molar-refractivity contribution in [1.82, 2.24) is 0 Å². The summed E-state index contributed by atoms with van der Waals surface area (Å²) in [6, 6.07) is 7.35. The highest BCUT2D eigenvalue weighted by atomic mass is 16.5. The van der Waals surface area contributed by atoms with E-state index in [1.165, 1.54) is 6.26 Å². The van der Waals surface area contributed by atoms with Crippen LogP contribution in [0.5, 0.6) is 5.75 Å². The van der Waals surface area contributed by atoms with Gasteiger partial charge in [0.1, 0.15) is 5.75 Å². The van der Waals surface area contributed by atoms with E-state index in [0.29, 0.717) is 17.2 Å².